The Morgan fingerprint density at radius 1 is 1.45 bits per heavy atom. The van der Waals surface area contributed by atoms with Gasteiger partial charge in [-0.2, -0.15) is 0 Å². The van der Waals surface area contributed by atoms with Crippen molar-refractivity contribution in [3.8, 4) is 0 Å². The van der Waals surface area contributed by atoms with Crippen molar-refractivity contribution in [3.05, 3.63) is 42.4 Å². The molecule has 1 aliphatic rings. The molecule has 1 fully saturated rings. The van der Waals surface area contributed by atoms with Crippen LogP contribution in [0.3, 0.4) is 0 Å². The van der Waals surface area contributed by atoms with Crippen LogP contribution in [0.4, 0.5) is 0 Å². The van der Waals surface area contributed by atoms with Gasteiger partial charge < -0.3 is 14.3 Å². The second-order valence-corrected chi connectivity index (χ2v) is 5.72. The lowest BCUT2D eigenvalue weighted by Crippen LogP contribution is -2.28. The van der Waals surface area contributed by atoms with E-state index in [0.717, 1.165) is 31.7 Å². The fourth-order valence-electron chi connectivity index (χ4n) is 3.06. The molecule has 0 saturated carbocycles. The molecule has 0 amide bonds. The number of rotatable bonds is 5. The molecule has 3 rings (SSSR count). The topological polar surface area (TPSA) is 43.0 Å². The summed E-state index contributed by atoms with van der Waals surface area (Å²) in [6.07, 6.45) is 10.3. The molecule has 0 aliphatic carbocycles. The number of hydrogen-bond donors (Lipinski definition) is 1. The number of piperidine rings is 1. The number of aryl methyl sites for hydroxylation is 1. The summed E-state index contributed by atoms with van der Waals surface area (Å²) in [4.78, 5) is 4.38. The van der Waals surface area contributed by atoms with Gasteiger partial charge in [0, 0.05) is 30.3 Å². The van der Waals surface area contributed by atoms with E-state index in [9.17, 15) is 0 Å². The Bertz CT molecular complexity index is 512. The van der Waals surface area contributed by atoms with Gasteiger partial charge in [-0.3, -0.25) is 0 Å². The number of aromatic nitrogens is 2. The summed E-state index contributed by atoms with van der Waals surface area (Å²) in [5.41, 5.74) is 1.40. The summed E-state index contributed by atoms with van der Waals surface area (Å²) in [5, 5.41) is 3.43. The molecule has 108 valence electrons. The number of imidazole rings is 1. The molecule has 4 heteroatoms. The van der Waals surface area contributed by atoms with Crippen molar-refractivity contribution in [2.45, 2.75) is 44.6 Å². The molecule has 2 aromatic heterocycles. The predicted molar refractivity (Wildman–Crippen MR) is 78.8 cm³/mol. The van der Waals surface area contributed by atoms with Crippen LogP contribution < -0.4 is 5.32 Å². The van der Waals surface area contributed by atoms with E-state index in [1.165, 1.54) is 18.5 Å². The van der Waals surface area contributed by atoms with Gasteiger partial charge in [-0.05, 0) is 51.4 Å². The minimum atomic E-state index is 0.465. The average Bonchev–Trinajstić information content (AvgIpc) is 3.17. The van der Waals surface area contributed by atoms with Crippen LogP contribution in [0.15, 0.2) is 35.3 Å². The first-order valence-corrected chi connectivity index (χ1v) is 7.59. The van der Waals surface area contributed by atoms with Crippen molar-refractivity contribution < 1.29 is 4.42 Å². The second kappa shape index (κ2) is 6.27. The normalized spacial score (nSPS) is 18.2. The van der Waals surface area contributed by atoms with Crippen LogP contribution in [0.1, 0.15) is 49.6 Å². The molecule has 1 unspecified atom stereocenters. The van der Waals surface area contributed by atoms with Crippen LogP contribution in [-0.4, -0.2) is 22.6 Å². The first kappa shape index (κ1) is 13.4. The van der Waals surface area contributed by atoms with Crippen molar-refractivity contribution in [1.29, 1.82) is 0 Å². The third-order valence-corrected chi connectivity index (χ3v) is 4.32. The van der Waals surface area contributed by atoms with Crippen LogP contribution in [0, 0.1) is 0 Å². The van der Waals surface area contributed by atoms with Gasteiger partial charge in [0.15, 0.2) is 0 Å². The number of hydrogen-bond acceptors (Lipinski definition) is 3. The number of nitrogens with one attached hydrogen (secondary N) is 1. The van der Waals surface area contributed by atoms with Gasteiger partial charge in [0.05, 0.1) is 12.6 Å². The molecule has 0 radical (unpaired) electrons. The lowest BCUT2D eigenvalue weighted by molar-refractivity contribution is 0.405. The third kappa shape index (κ3) is 2.96. The Hall–Kier alpha value is -1.55. The lowest BCUT2D eigenvalue weighted by Gasteiger charge is -2.26. The summed E-state index contributed by atoms with van der Waals surface area (Å²) in [6, 6.07) is 4.47. The molecule has 20 heavy (non-hydrogen) atoms. The lowest BCUT2D eigenvalue weighted by atomic mass is 9.94. The van der Waals surface area contributed by atoms with E-state index in [4.69, 9.17) is 4.42 Å². The van der Waals surface area contributed by atoms with E-state index in [1.54, 1.807) is 6.26 Å². The minimum absolute atomic E-state index is 0.465. The molecule has 1 N–H and O–H groups in total. The molecule has 2 aromatic rings. The van der Waals surface area contributed by atoms with Gasteiger partial charge >= 0.3 is 0 Å². The highest BCUT2D eigenvalue weighted by Gasteiger charge is 2.20. The van der Waals surface area contributed by atoms with Gasteiger partial charge in [-0.1, -0.05) is 0 Å². The first-order chi connectivity index (χ1) is 9.84. The third-order valence-electron chi connectivity index (χ3n) is 4.32. The van der Waals surface area contributed by atoms with Gasteiger partial charge in [0.1, 0.15) is 5.76 Å². The smallest absolute Gasteiger partial charge is 0.103 e. The Morgan fingerprint density at radius 3 is 3.05 bits per heavy atom. The van der Waals surface area contributed by atoms with E-state index < -0.39 is 0 Å². The monoisotopic (exact) mass is 273 g/mol. The fourth-order valence-corrected chi connectivity index (χ4v) is 3.06. The molecular weight excluding hydrogens is 250 g/mol. The Morgan fingerprint density at radius 2 is 2.30 bits per heavy atom. The predicted octanol–water partition coefficient (Wildman–Crippen LogP) is 3.14. The largest absolute Gasteiger partial charge is 0.469 e. The number of furan rings is 1. The molecule has 0 bridgehead atoms. The van der Waals surface area contributed by atoms with Crippen molar-refractivity contribution in [3.63, 3.8) is 0 Å². The summed E-state index contributed by atoms with van der Waals surface area (Å²) < 4.78 is 7.77. The summed E-state index contributed by atoms with van der Waals surface area (Å²) >= 11 is 0. The van der Waals surface area contributed by atoms with E-state index in [-0.39, 0.29) is 0 Å². The Kier molecular flexibility index (Phi) is 4.21. The van der Waals surface area contributed by atoms with E-state index in [2.05, 4.69) is 28.0 Å². The fraction of sp³-hybridized carbons (Fsp3) is 0.562. The zero-order chi connectivity index (χ0) is 13.8. The first-order valence-electron chi connectivity index (χ1n) is 7.59. The van der Waals surface area contributed by atoms with Crippen LogP contribution in [0.5, 0.6) is 0 Å². The van der Waals surface area contributed by atoms with Gasteiger partial charge in [0.2, 0.25) is 0 Å². The van der Waals surface area contributed by atoms with Crippen LogP contribution in [0.25, 0.3) is 0 Å². The maximum absolute atomic E-state index is 5.41. The standard InChI is InChI=1S/C16H23N3O/c1-13(4-5-15-3-2-10-20-15)19-12-18-11-16(19)14-6-8-17-9-7-14/h2-3,10-14,17H,4-9H2,1H3. The SMILES string of the molecule is CC(CCc1ccco1)n1cncc1C1CCNCC1. The van der Waals surface area contributed by atoms with Gasteiger partial charge in [0.25, 0.3) is 0 Å². The van der Waals surface area contributed by atoms with E-state index in [0.29, 0.717) is 12.0 Å². The molecule has 1 atom stereocenters. The highest BCUT2D eigenvalue weighted by atomic mass is 16.3. The molecule has 4 nitrogen and oxygen atoms in total. The van der Waals surface area contributed by atoms with Gasteiger partial charge in [-0.25, -0.2) is 4.98 Å². The molecule has 0 aromatic carbocycles. The summed E-state index contributed by atoms with van der Waals surface area (Å²) in [5.74, 6) is 1.73. The van der Waals surface area contributed by atoms with Crippen LogP contribution in [0.2, 0.25) is 0 Å². The van der Waals surface area contributed by atoms with Gasteiger partial charge in [-0.15, -0.1) is 0 Å². The van der Waals surface area contributed by atoms with E-state index >= 15 is 0 Å². The van der Waals surface area contributed by atoms with E-state index in [1.807, 2.05) is 18.5 Å². The maximum atomic E-state index is 5.41. The van der Waals surface area contributed by atoms with Crippen molar-refractivity contribution in [2.75, 3.05) is 13.1 Å². The molecule has 3 heterocycles. The van der Waals surface area contributed by atoms with Crippen LogP contribution in [-0.2, 0) is 6.42 Å². The minimum Gasteiger partial charge on any atom is -0.469 e. The zero-order valence-electron chi connectivity index (χ0n) is 12.1. The quantitative estimate of drug-likeness (QED) is 0.910. The zero-order valence-corrected chi connectivity index (χ0v) is 12.1. The second-order valence-electron chi connectivity index (χ2n) is 5.72. The highest BCUT2D eigenvalue weighted by Crippen LogP contribution is 2.28. The summed E-state index contributed by atoms with van der Waals surface area (Å²) in [7, 11) is 0. The Balaban J connectivity index is 1.65. The molecule has 1 aliphatic heterocycles. The van der Waals surface area contributed by atoms with Crippen molar-refractivity contribution >= 4 is 0 Å². The molecule has 1 saturated heterocycles. The van der Waals surface area contributed by atoms with Crippen LogP contribution >= 0.6 is 0 Å². The molecular formula is C16H23N3O. The highest BCUT2D eigenvalue weighted by molar-refractivity contribution is 5.09. The molecule has 0 spiro atoms. The Labute approximate surface area is 120 Å². The van der Waals surface area contributed by atoms with Crippen molar-refractivity contribution in [2.24, 2.45) is 0 Å². The van der Waals surface area contributed by atoms with Crippen molar-refractivity contribution in [1.82, 2.24) is 14.9 Å². The number of nitrogens with zero attached hydrogens (tertiary/aromatic N) is 2. The average molecular weight is 273 g/mol. The summed E-state index contributed by atoms with van der Waals surface area (Å²) in [6.45, 7) is 4.52. The maximum Gasteiger partial charge on any atom is 0.103 e.